The Hall–Kier alpha value is -1.69. The molecule has 0 radical (unpaired) electrons. The Kier molecular flexibility index (Phi) is 1.99. The summed E-state index contributed by atoms with van der Waals surface area (Å²) >= 11 is 0. The molecular formula is C9H12N6. The van der Waals surface area contributed by atoms with Crippen LogP contribution in [0.2, 0.25) is 0 Å². The van der Waals surface area contributed by atoms with Crippen LogP contribution in [0, 0.1) is 0 Å². The Morgan fingerprint density at radius 3 is 3.33 bits per heavy atom. The van der Waals surface area contributed by atoms with Gasteiger partial charge in [0.05, 0.1) is 0 Å². The van der Waals surface area contributed by atoms with Gasteiger partial charge in [-0.1, -0.05) is 0 Å². The van der Waals surface area contributed by atoms with Crippen LogP contribution in [0.1, 0.15) is 6.42 Å². The number of hydrogen-bond acceptors (Lipinski definition) is 5. The lowest BCUT2D eigenvalue weighted by Crippen LogP contribution is -2.23. The molecule has 1 saturated heterocycles. The molecule has 0 saturated carbocycles. The van der Waals surface area contributed by atoms with E-state index in [0.717, 1.165) is 31.0 Å². The van der Waals surface area contributed by atoms with E-state index in [9.17, 15) is 0 Å². The van der Waals surface area contributed by atoms with Crippen LogP contribution in [-0.4, -0.2) is 38.9 Å². The summed E-state index contributed by atoms with van der Waals surface area (Å²) in [5.41, 5.74) is 0.769. The van der Waals surface area contributed by atoms with Crippen LogP contribution in [0.25, 0.3) is 5.65 Å². The van der Waals surface area contributed by atoms with E-state index in [2.05, 4.69) is 25.9 Å². The second-order valence-corrected chi connectivity index (χ2v) is 3.69. The molecule has 3 rings (SSSR count). The van der Waals surface area contributed by atoms with Crippen molar-refractivity contribution in [1.82, 2.24) is 25.1 Å². The third kappa shape index (κ3) is 1.63. The van der Waals surface area contributed by atoms with Gasteiger partial charge in [0.15, 0.2) is 5.65 Å². The Labute approximate surface area is 86.7 Å². The van der Waals surface area contributed by atoms with Crippen molar-refractivity contribution >= 4 is 11.5 Å². The lowest BCUT2D eigenvalue weighted by Gasteiger charge is -2.11. The van der Waals surface area contributed by atoms with Crippen molar-refractivity contribution in [3.05, 3.63) is 18.5 Å². The highest BCUT2D eigenvalue weighted by molar-refractivity contribution is 5.43. The summed E-state index contributed by atoms with van der Waals surface area (Å²) in [6.45, 7) is 2.08. The summed E-state index contributed by atoms with van der Waals surface area (Å²) in [5, 5.41) is 18.7. The van der Waals surface area contributed by atoms with E-state index < -0.39 is 0 Å². The van der Waals surface area contributed by atoms with Gasteiger partial charge in [0.1, 0.15) is 12.1 Å². The number of rotatable bonds is 2. The van der Waals surface area contributed by atoms with Gasteiger partial charge in [-0.15, -0.1) is 15.3 Å². The maximum atomic E-state index is 4.35. The van der Waals surface area contributed by atoms with E-state index in [-0.39, 0.29) is 0 Å². The molecule has 0 aromatic carbocycles. The molecule has 1 aliphatic rings. The molecular weight excluding hydrogens is 192 g/mol. The first kappa shape index (κ1) is 8.60. The van der Waals surface area contributed by atoms with Crippen molar-refractivity contribution in [1.29, 1.82) is 0 Å². The van der Waals surface area contributed by atoms with Gasteiger partial charge < -0.3 is 10.6 Å². The predicted octanol–water partition coefficient (Wildman–Crippen LogP) is -0.102. The number of hydrogen-bond donors (Lipinski definition) is 2. The average molecular weight is 204 g/mol. The minimum Gasteiger partial charge on any atom is -0.365 e. The first-order valence-electron chi connectivity index (χ1n) is 5.06. The summed E-state index contributed by atoms with van der Waals surface area (Å²) < 4.78 is 1.67. The number of nitrogens with one attached hydrogen (secondary N) is 2. The summed E-state index contributed by atoms with van der Waals surface area (Å²) in [6, 6.07) is 4.32. The second-order valence-electron chi connectivity index (χ2n) is 3.69. The van der Waals surface area contributed by atoms with E-state index in [0.29, 0.717) is 6.04 Å². The summed E-state index contributed by atoms with van der Waals surface area (Å²) in [4.78, 5) is 0. The molecule has 1 fully saturated rings. The quantitative estimate of drug-likeness (QED) is 0.715. The maximum absolute atomic E-state index is 4.35. The third-order valence-corrected chi connectivity index (χ3v) is 2.57. The molecule has 78 valence electrons. The fraction of sp³-hybridized carbons (Fsp3) is 0.444. The van der Waals surface area contributed by atoms with Crippen LogP contribution in [0.4, 0.5) is 5.82 Å². The monoisotopic (exact) mass is 204 g/mol. The fourth-order valence-corrected chi connectivity index (χ4v) is 1.79. The Bertz CT molecular complexity index is 458. The molecule has 0 spiro atoms. The summed E-state index contributed by atoms with van der Waals surface area (Å²) in [5.74, 6) is 0.871. The van der Waals surface area contributed by atoms with Crippen LogP contribution in [0.15, 0.2) is 18.5 Å². The van der Waals surface area contributed by atoms with Crippen LogP contribution < -0.4 is 10.6 Å². The molecule has 2 N–H and O–H groups in total. The fourth-order valence-electron chi connectivity index (χ4n) is 1.79. The lowest BCUT2D eigenvalue weighted by molar-refractivity contribution is 0.777. The largest absolute Gasteiger partial charge is 0.365 e. The normalized spacial score (nSPS) is 20.9. The zero-order valence-corrected chi connectivity index (χ0v) is 8.22. The molecule has 6 heteroatoms. The molecule has 3 heterocycles. The van der Waals surface area contributed by atoms with E-state index in [1.807, 2.05) is 12.1 Å². The highest BCUT2D eigenvalue weighted by Crippen LogP contribution is 2.09. The molecule has 1 unspecified atom stereocenters. The van der Waals surface area contributed by atoms with Crippen LogP contribution in [0.5, 0.6) is 0 Å². The maximum Gasteiger partial charge on any atom is 0.177 e. The molecule has 2 aromatic rings. The zero-order chi connectivity index (χ0) is 10.1. The van der Waals surface area contributed by atoms with Crippen molar-refractivity contribution < 1.29 is 0 Å². The molecule has 6 nitrogen and oxygen atoms in total. The number of aromatic nitrogens is 4. The van der Waals surface area contributed by atoms with E-state index in [1.54, 1.807) is 10.8 Å². The van der Waals surface area contributed by atoms with E-state index in [1.165, 1.54) is 0 Å². The first-order valence-corrected chi connectivity index (χ1v) is 5.06. The number of fused-ring (bicyclic) bond motifs is 1. The van der Waals surface area contributed by atoms with Gasteiger partial charge in [-0.2, -0.15) is 4.52 Å². The van der Waals surface area contributed by atoms with Crippen molar-refractivity contribution in [2.24, 2.45) is 0 Å². The molecule has 0 amide bonds. The second kappa shape index (κ2) is 3.47. The predicted molar refractivity (Wildman–Crippen MR) is 55.7 cm³/mol. The van der Waals surface area contributed by atoms with Crippen molar-refractivity contribution in [3.63, 3.8) is 0 Å². The van der Waals surface area contributed by atoms with Crippen molar-refractivity contribution in [3.8, 4) is 0 Å². The van der Waals surface area contributed by atoms with Crippen molar-refractivity contribution in [2.45, 2.75) is 12.5 Å². The average Bonchev–Trinajstić information content (AvgIpc) is 2.87. The minimum atomic E-state index is 0.478. The van der Waals surface area contributed by atoms with Crippen LogP contribution in [0.3, 0.4) is 0 Å². The minimum absolute atomic E-state index is 0.478. The zero-order valence-electron chi connectivity index (χ0n) is 8.22. The van der Waals surface area contributed by atoms with Gasteiger partial charge in [-0.05, 0) is 25.1 Å². The molecule has 1 atom stereocenters. The third-order valence-electron chi connectivity index (χ3n) is 2.57. The summed E-state index contributed by atoms with van der Waals surface area (Å²) in [6.07, 6.45) is 2.75. The van der Waals surface area contributed by atoms with Gasteiger partial charge in [0.2, 0.25) is 0 Å². The molecule has 1 aliphatic heterocycles. The van der Waals surface area contributed by atoms with E-state index in [4.69, 9.17) is 0 Å². The van der Waals surface area contributed by atoms with Crippen molar-refractivity contribution in [2.75, 3.05) is 18.4 Å². The van der Waals surface area contributed by atoms with Gasteiger partial charge in [0, 0.05) is 12.6 Å². The Morgan fingerprint density at radius 1 is 1.47 bits per heavy atom. The lowest BCUT2D eigenvalue weighted by atomic mass is 10.2. The van der Waals surface area contributed by atoms with Gasteiger partial charge in [0.25, 0.3) is 0 Å². The van der Waals surface area contributed by atoms with E-state index >= 15 is 0 Å². The molecule has 2 aromatic heterocycles. The number of anilines is 1. The Balaban J connectivity index is 1.84. The standard InChI is InChI=1S/C9H12N6/c1-2-9-13-11-6-15(9)14-8(1)12-7-3-4-10-5-7/h1-2,6-7,10H,3-5H2,(H,12,14). The van der Waals surface area contributed by atoms with Gasteiger partial charge in [-0.3, -0.25) is 0 Å². The topological polar surface area (TPSA) is 67.1 Å². The molecule has 0 aliphatic carbocycles. The smallest absolute Gasteiger partial charge is 0.177 e. The van der Waals surface area contributed by atoms with Crippen LogP contribution in [-0.2, 0) is 0 Å². The molecule has 15 heavy (non-hydrogen) atoms. The first-order chi connectivity index (χ1) is 7.42. The molecule has 0 bridgehead atoms. The van der Waals surface area contributed by atoms with Crippen LogP contribution >= 0.6 is 0 Å². The number of nitrogens with zero attached hydrogens (tertiary/aromatic N) is 4. The van der Waals surface area contributed by atoms with Gasteiger partial charge in [-0.25, -0.2) is 0 Å². The Morgan fingerprint density at radius 2 is 2.47 bits per heavy atom. The van der Waals surface area contributed by atoms with Gasteiger partial charge >= 0.3 is 0 Å². The summed E-state index contributed by atoms with van der Waals surface area (Å²) in [7, 11) is 0. The highest BCUT2D eigenvalue weighted by atomic mass is 15.4. The SMILES string of the molecule is c1cc2nncn2nc1NC1CCNC1. The highest BCUT2D eigenvalue weighted by Gasteiger charge is 2.14.